The molecule has 0 saturated carbocycles. The number of ether oxygens (including phenoxy) is 1. The maximum Gasteiger partial charge on any atom is 0.253 e. The second kappa shape index (κ2) is 8.41. The molecule has 0 spiro atoms. The average Bonchev–Trinajstić information content (AvgIpc) is 3.20. The highest BCUT2D eigenvalue weighted by Gasteiger charge is 2.30. The first-order chi connectivity index (χ1) is 13.6. The van der Waals surface area contributed by atoms with Gasteiger partial charge in [-0.1, -0.05) is 0 Å². The van der Waals surface area contributed by atoms with Crippen LogP contribution in [0.2, 0.25) is 0 Å². The molecule has 0 aliphatic carbocycles. The van der Waals surface area contributed by atoms with Crippen LogP contribution in [0.4, 0.5) is 0 Å². The van der Waals surface area contributed by atoms with E-state index in [1.807, 2.05) is 5.38 Å². The third kappa shape index (κ3) is 5.15. The molecule has 158 valence electrons. The topological polar surface area (TPSA) is 88.6 Å². The second-order valence-corrected chi connectivity index (χ2v) is 10.8. The van der Waals surface area contributed by atoms with Gasteiger partial charge in [0.2, 0.25) is 10.0 Å². The molecule has 1 N–H and O–H groups in total. The normalized spacial score (nSPS) is 17.9. The number of hydrogen-bond acceptors (Lipinski definition) is 6. The lowest BCUT2D eigenvalue weighted by atomic mass is 9.98. The summed E-state index contributed by atoms with van der Waals surface area (Å²) in [4.78, 5) is 19.3. The van der Waals surface area contributed by atoms with Gasteiger partial charge >= 0.3 is 0 Å². The molecule has 2 heterocycles. The van der Waals surface area contributed by atoms with E-state index in [1.54, 1.807) is 49.3 Å². The molecule has 29 heavy (non-hydrogen) atoms. The van der Waals surface area contributed by atoms with Crippen LogP contribution in [0.15, 0.2) is 34.7 Å². The summed E-state index contributed by atoms with van der Waals surface area (Å²) < 4.78 is 33.6. The van der Waals surface area contributed by atoms with Crippen LogP contribution in [0.25, 0.3) is 0 Å². The number of hydrogen-bond donors (Lipinski definition) is 1. The zero-order valence-electron chi connectivity index (χ0n) is 17.1. The van der Waals surface area contributed by atoms with Crippen molar-refractivity contribution in [3.63, 3.8) is 0 Å². The fourth-order valence-corrected chi connectivity index (χ4v) is 5.84. The highest BCUT2D eigenvalue weighted by atomic mass is 32.2. The van der Waals surface area contributed by atoms with Gasteiger partial charge in [0.25, 0.3) is 5.91 Å². The van der Waals surface area contributed by atoms with Gasteiger partial charge in [0.15, 0.2) is 0 Å². The number of nitrogens with zero attached hydrogens (tertiary/aromatic N) is 2. The minimum Gasteiger partial charge on any atom is -0.495 e. The number of sulfonamides is 1. The molecule has 1 aromatic heterocycles. The number of methoxy groups -OCH3 is 1. The van der Waals surface area contributed by atoms with Crippen LogP contribution in [-0.2, 0) is 10.0 Å². The average molecular weight is 438 g/mol. The summed E-state index contributed by atoms with van der Waals surface area (Å²) in [5.41, 5.74) is -0.322. The van der Waals surface area contributed by atoms with Crippen molar-refractivity contribution in [2.45, 2.75) is 50.0 Å². The van der Waals surface area contributed by atoms with E-state index in [-0.39, 0.29) is 22.5 Å². The molecule has 1 aliphatic heterocycles. The van der Waals surface area contributed by atoms with Crippen molar-refractivity contribution < 1.29 is 17.9 Å². The van der Waals surface area contributed by atoms with E-state index in [0.29, 0.717) is 18.7 Å². The first-order valence-corrected chi connectivity index (χ1v) is 11.9. The Labute approximate surface area is 176 Å². The molecule has 1 unspecified atom stereocenters. The van der Waals surface area contributed by atoms with Crippen molar-refractivity contribution in [3.05, 3.63) is 40.3 Å². The highest BCUT2D eigenvalue weighted by molar-refractivity contribution is 7.89. The van der Waals surface area contributed by atoms with E-state index in [2.05, 4.69) is 9.71 Å². The van der Waals surface area contributed by atoms with Gasteiger partial charge in [-0.25, -0.2) is 18.1 Å². The zero-order chi connectivity index (χ0) is 21.2. The molecule has 1 aromatic carbocycles. The van der Waals surface area contributed by atoms with Gasteiger partial charge in [-0.05, 0) is 51.8 Å². The Bertz CT molecular complexity index is 966. The van der Waals surface area contributed by atoms with E-state index in [1.165, 1.54) is 19.2 Å². The van der Waals surface area contributed by atoms with Gasteiger partial charge in [-0.2, -0.15) is 0 Å². The van der Waals surface area contributed by atoms with E-state index in [9.17, 15) is 13.2 Å². The number of likely N-dealkylation sites (tertiary alicyclic amines) is 1. The Morgan fingerprint density at radius 1 is 1.34 bits per heavy atom. The van der Waals surface area contributed by atoms with Gasteiger partial charge in [0.05, 0.1) is 12.1 Å². The number of benzene rings is 1. The number of thiazole rings is 1. The largest absolute Gasteiger partial charge is 0.495 e. The van der Waals surface area contributed by atoms with Crippen LogP contribution in [-0.4, -0.2) is 49.9 Å². The van der Waals surface area contributed by atoms with Crippen LogP contribution >= 0.6 is 11.3 Å². The summed E-state index contributed by atoms with van der Waals surface area (Å²) in [6, 6.07) is 4.55. The molecule has 3 rings (SSSR count). The van der Waals surface area contributed by atoms with Crippen LogP contribution in [0.1, 0.15) is 54.9 Å². The number of aromatic nitrogens is 1. The summed E-state index contributed by atoms with van der Waals surface area (Å²) in [6.07, 6.45) is 3.67. The van der Waals surface area contributed by atoms with Crippen LogP contribution in [0.5, 0.6) is 5.75 Å². The number of piperidine rings is 1. The maximum absolute atomic E-state index is 13.1. The van der Waals surface area contributed by atoms with E-state index >= 15 is 0 Å². The Hall–Kier alpha value is -1.97. The first kappa shape index (κ1) is 21.7. The number of carbonyl (C=O) groups excluding carboxylic acids is 1. The molecule has 1 saturated heterocycles. The maximum atomic E-state index is 13.1. The third-order valence-corrected chi connectivity index (χ3v) is 7.37. The van der Waals surface area contributed by atoms with Crippen LogP contribution in [0, 0.1) is 0 Å². The second-order valence-electron chi connectivity index (χ2n) is 8.18. The summed E-state index contributed by atoms with van der Waals surface area (Å²) in [5.74, 6) is 0.246. The van der Waals surface area contributed by atoms with Gasteiger partial charge in [-0.3, -0.25) is 4.79 Å². The monoisotopic (exact) mass is 437 g/mol. The van der Waals surface area contributed by atoms with Gasteiger partial charge in [0.1, 0.15) is 10.6 Å². The van der Waals surface area contributed by atoms with E-state index < -0.39 is 15.6 Å². The molecule has 0 bridgehead atoms. The Balaban J connectivity index is 1.88. The number of rotatable bonds is 5. The Kier molecular flexibility index (Phi) is 6.30. The third-order valence-electron chi connectivity index (χ3n) is 4.65. The lowest BCUT2D eigenvalue weighted by Gasteiger charge is -2.32. The van der Waals surface area contributed by atoms with Crippen molar-refractivity contribution in [2.24, 2.45) is 0 Å². The van der Waals surface area contributed by atoms with Crippen LogP contribution in [0.3, 0.4) is 0 Å². The van der Waals surface area contributed by atoms with Crippen molar-refractivity contribution in [1.29, 1.82) is 0 Å². The SMILES string of the molecule is COc1ccc(C(=O)N2CCCC(c3nccs3)C2)cc1S(=O)(=O)NC(C)(C)C. The van der Waals surface area contributed by atoms with Crippen molar-refractivity contribution in [3.8, 4) is 5.75 Å². The molecule has 2 aromatic rings. The predicted octanol–water partition coefficient (Wildman–Crippen LogP) is 3.25. The lowest BCUT2D eigenvalue weighted by Crippen LogP contribution is -2.41. The van der Waals surface area contributed by atoms with E-state index in [4.69, 9.17) is 4.74 Å². The summed E-state index contributed by atoms with van der Waals surface area (Å²) in [6.45, 7) is 6.52. The van der Waals surface area contributed by atoms with Crippen molar-refractivity contribution in [1.82, 2.24) is 14.6 Å². The predicted molar refractivity (Wildman–Crippen MR) is 113 cm³/mol. The summed E-state index contributed by atoms with van der Waals surface area (Å²) in [7, 11) is -2.43. The molecule has 0 radical (unpaired) electrons. The minimum atomic E-state index is -3.85. The minimum absolute atomic E-state index is 0.0331. The Morgan fingerprint density at radius 3 is 2.72 bits per heavy atom. The first-order valence-electron chi connectivity index (χ1n) is 9.51. The summed E-state index contributed by atoms with van der Waals surface area (Å²) in [5, 5.41) is 2.98. The Morgan fingerprint density at radius 2 is 2.10 bits per heavy atom. The number of nitrogens with one attached hydrogen (secondary N) is 1. The molecule has 1 aliphatic rings. The molecule has 7 nitrogen and oxygen atoms in total. The molecular formula is C20H27N3O4S2. The number of carbonyl (C=O) groups is 1. The van der Waals surface area contributed by atoms with Gasteiger partial charge in [0, 0.05) is 41.7 Å². The fraction of sp³-hybridized carbons (Fsp3) is 0.500. The molecule has 1 atom stereocenters. The van der Waals surface area contributed by atoms with Crippen LogP contribution < -0.4 is 9.46 Å². The smallest absolute Gasteiger partial charge is 0.253 e. The highest BCUT2D eigenvalue weighted by Crippen LogP contribution is 2.30. The van der Waals surface area contributed by atoms with Crippen molar-refractivity contribution in [2.75, 3.05) is 20.2 Å². The molecular weight excluding hydrogens is 410 g/mol. The molecule has 1 amide bonds. The standard InChI is InChI=1S/C20H27N3O4S2/c1-20(2,3)22-29(25,26)17-12-14(7-8-16(17)27-4)19(24)23-10-5-6-15(13-23)18-21-9-11-28-18/h7-9,11-12,15,22H,5-6,10,13H2,1-4H3. The fourth-order valence-electron chi connectivity index (χ4n) is 3.46. The van der Waals surface area contributed by atoms with Crippen molar-refractivity contribution >= 4 is 27.3 Å². The van der Waals surface area contributed by atoms with Gasteiger partial charge in [-0.15, -0.1) is 11.3 Å². The van der Waals surface area contributed by atoms with Gasteiger partial charge < -0.3 is 9.64 Å². The van der Waals surface area contributed by atoms with E-state index in [0.717, 1.165) is 17.8 Å². The molecule has 9 heteroatoms. The summed E-state index contributed by atoms with van der Waals surface area (Å²) >= 11 is 1.60. The quantitative estimate of drug-likeness (QED) is 0.776. The lowest BCUT2D eigenvalue weighted by molar-refractivity contribution is 0.0706. The number of amides is 1. The molecule has 1 fully saturated rings. The zero-order valence-corrected chi connectivity index (χ0v) is 18.8.